The number of hydrogen-bond donors (Lipinski definition) is 1. The number of rotatable bonds is 7. The van der Waals surface area contributed by atoms with Crippen LogP contribution in [-0.2, 0) is 11.2 Å². The molecule has 0 aliphatic heterocycles. The lowest BCUT2D eigenvalue weighted by atomic mass is 10.0. The van der Waals surface area contributed by atoms with Gasteiger partial charge >= 0.3 is 0 Å². The standard InChI is InChI=1S/C20H25NOS/c1-4-17-7-9-18(10-8-17)16(3)21-20(22)13-14-23-19-11-5-15(2)6-12-19/h5-12,16H,4,13-14H2,1-3H3,(H,21,22)/t16-/m0/s1. The summed E-state index contributed by atoms with van der Waals surface area (Å²) in [6.07, 6.45) is 1.58. The Morgan fingerprint density at radius 2 is 1.74 bits per heavy atom. The molecule has 0 unspecified atom stereocenters. The van der Waals surface area contributed by atoms with Crippen LogP contribution in [0, 0.1) is 6.92 Å². The lowest BCUT2D eigenvalue weighted by Crippen LogP contribution is -2.26. The first-order chi connectivity index (χ1) is 11.1. The highest BCUT2D eigenvalue weighted by Gasteiger charge is 2.09. The molecule has 0 aliphatic rings. The highest BCUT2D eigenvalue weighted by atomic mass is 32.2. The third-order valence-electron chi connectivity index (χ3n) is 3.88. The molecule has 1 atom stereocenters. The summed E-state index contributed by atoms with van der Waals surface area (Å²) in [6.45, 7) is 6.26. The largest absolute Gasteiger partial charge is 0.350 e. The Kier molecular flexibility index (Phi) is 6.72. The minimum atomic E-state index is 0.0535. The van der Waals surface area contributed by atoms with Gasteiger partial charge in [0.25, 0.3) is 0 Å². The average Bonchev–Trinajstić information content (AvgIpc) is 2.56. The zero-order chi connectivity index (χ0) is 16.7. The summed E-state index contributed by atoms with van der Waals surface area (Å²) >= 11 is 1.72. The van der Waals surface area contributed by atoms with Gasteiger partial charge in [0.2, 0.25) is 5.91 Å². The van der Waals surface area contributed by atoms with Crippen LogP contribution in [0.15, 0.2) is 53.4 Å². The molecule has 0 saturated carbocycles. The molecule has 2 rings (SSSR count). The molecule has 0 radical (unpaired) electrons. The maximum absolute atomic E-state index is 12.1. The predicted octanol–water partition coefficient (Wildman–Crippen LogP) is 4.92. The van der Waals surface area contributed by atoms with Crippen molar-refractivity contribution in [3.63, 3.8) is 0 Å². The minimum absolute atomic E-state index is 0.0535. The summed E-state index contributed by atoms with van der Waals surface area (Å²) < 4.78 is 0. The number of carbonyl (C=O) groups is 1. The molecule has 0 heterocycles. The van der Waals surface area contributed by atoms with Crippen molar-refractivity contribution in [3.05, 3.63) is 65.2 Å². The summed E-state index contributed by atoms with van der Waals surface area (Å²) in [5, 5.41) is 3.08. The molecule has 0 fully saturated rings. The Morgan fingerprint density at radius 3 is 2.35 bits per heavy atom. The van der Waals surface area contributed by atoms with Crippen molar-refractivity contribution in [3.8, 4) is 0 Å². The fraction of sp³-hybridized carbons (Fsp3) is 0.350. The third-order valence-corrected chi connectivity index (χ3v) is 4.90. The molecule has 122 valence electrons. The molecule has 1 N–H and O–H groups in total. The molecule has 2 nitrogen and oxygen atoms in total. The van der Waals surface area contributed by atoms with Gasteiger partial charge in [0.05, 0.1) is 6.04 Å². The molecule has 1 amide bonds. The first-order valence-electron chi connectivity index (χ1n) is 8.16. The lowest BCUT2D eigenvalue weighted by molar-refractivity contribution is -0.121. The molecule has 3 heteroatoms. The van der Waals surface area contributed by atoms with Gasteiger partial charge in [-0.2, -0.15) is 0 Å². The average molecular weight is 327 g/mol. The van der Waals surface area contributed by atoms with Gasteiger partial charge in [-0.15, -0.1) is 11.8 Å². The van der Waals surface area contributed by atoms with Crippen molar-refractivity contribution in [2.45, 2.75) is 44.6 Å². The van der Waals surface area contributed by atoms with E-state index in [4.69, 9.17) is 0 Å². The highest BCUT2D eigenvalue weighted by molar-refractivity contribution is 7.99. The van der Waals surface area contributed by atoms with E-state index in [9.17, 15) is 4.79 Å². The molecule has 2 aromatic rings. The summed E-state index contributed by atoms with van der Waals surface area (Å²) in [6, 6.07) is 16.9. The number of nitrogens with one attached hydrogen (secondary N) is 1. The molecule has 2 aromatic carbocycles. The number of carbonyl (C=O) groups excluding carboxylic acids is 1. The number of hydrogen-bond acceptors (Lipinski definition) is 2. The maximum Gasteiger partial charge on any atom is 0.221 e. The van der Waals surface area contributed by atoms with Crippen molar-refractivity contribution < 1.29 is 4.79 Å². The van der Waals surface area contributed by atoms with Crippen LogP contribution in [0.5, 0.6) is 0 Å². The van der Waals surface area contributed by atoms with Crippen LogP contribution in [0.25, 0.3) is 0 Å². The lowest BCUT2D eigenvalue weighted by Gasteiger charge is -2.14. The summed E-state index contributed by atoms with van der Waals surface area (Å²) in [5.74, 6) is 0.910. The van der Waals surface area contributed by atoms with Gasteiger partial charge in [-0.25, -0.2) is 0 Å². The zero-order valence-corrected chi connectivity index (χ0v) is 15.0. The van der Waals surface area contributed by atoms with E-state index in [0.29, 0.717) is 6.42 Å². The van der Waals surface area contributed by atoms with Crippen LogP contribution in [0.4, 0.5) is 0 Å². The Labute approximate surface area is 143 Å². The van der Waals surface area contributed by atoms with E-state index in [0.717, 1.165) is 17.7 Å². The fourth-order valence-electron chi connectivity index (χ4n) is 2.34. The van der Waals surface area contributed by atoms with Crippen LogP contribution in [0.3, 0.4) is 0 Å². The van der Waals surface area contributed by atoms with Gasteiger partial charge < -0.3 is 5.32 Å². The van der Waals surface area contributed by atoms with Gasteiger partial charge in [0.15, 0.2) is 0 Å². The van der Waals surface area contributed by atoms with E-state index in [1.54, 1.807) is 11.8 Å². The number of benzene rings is 2. The van der Waals surface area contributed by atoms with E-state index < -0.39 is 0 Å². The number of aryl methyl sites for hydroxylation is 2. The van der Waals surface area contributed by atoms with E-state index in [2.05, 4.69) is 67.7 Å². The first-order valence-corrected chi connectivity index (χ1v) is 9.14. The van der Waals surface area contributed by atoms with E-state index >= 15 is 0 Å². The molecule has 0 saturated heterocycles. The summed E-state index contributed by atoms with van der Waals surface area (Å²) in [7, 11) is 0. The number of amides is 1. The fourth-order valence-corrected chi connectivity index (χ4v) is 3.19. The Balaban J connectivity index is 1.76. The predicted molar refractivity (Wildman–Crippen MR) is 98.9 cm³/mol. The van der Waals surface area contributed by atoms with Gasteiger partial charge in [-0.1, -0.05) is 48.9 Å². The van der Waals surface area contributed by atoms with Crippen LogP contribution in [0.1, 0.15) is 43.0 Å². The molecule has 0 spiro atoms. The Bertz CT molecular complexity index is 619. The van der Waals surface area contributed by atoms with Crippen molar-refractivity contribution in [2.24, 2.45) is 0 Å². The Morgan fingerprint density at radius 1 is 1.09 bits per heavy atom. The van der Waals surface area contributed by atoms with Crippen LogP contribution in [-0.4, -0.2) is 11.7 Å². The van der Waals surface area contributed by atoms with Crippen LogP contribution < -0.4 is 5.32 Å². The highest BCUT2D eigenvalue weighted by Crippen LogP contribution is 2.19. The second-order valence-corrected chi connectivity index (χ2v) is 6.96. The topological polar surface area (TPSA) is 29.1 Å². The van der Waals surface area contributed by atoms with E-state index in [1.807, 2.05) is 6.92 Å². The SMILES string of the molecule is CCc1ccc([C@H](C)NC(=O)CCSc2ccc(C)cc2)cc1. The normalized spacial score (nSPS) is 12.0. The third kappa shape index (κ3) is 5.76. The monoisotopic (exact) mass is 327 g/mol. The van der Waals surface area contributed by atoms with Crippen LogP contribution in [0.2, 0.25) is 0 Å². The van der Waals surface area contributed by atoms with Crippen molar-refractivity contribution in [2.75, 3.05) is 5.75 Å². The van der Waals surface area contributed by atoms with E-state index in [-0.39, 0.29) is 11.9 Å². The van der Waals surface area contributed by atoms with E-state index in [1.165, 1.54) is 16.0 Å². The molecular formula is C20H25NOS. The zero-order valence-electron chi connectivity index (χ0n) is 14.1. The second kappa shape index (κ2) is 8.78. The van der Waals surface area contributed by atoms with Crippen molar-refractivity contribution >= 4 is 17.7 Å². The minimum Gasteiger partial charge on any atom is -0.350 e. The summed E-state index contributed by atoms with van der Waals surface area (Å²) in [5.41, 5.74) is 3.73. The van der Waals surface area contributed by atoms with Gasteiger partial charge in [0.1, 0.15) is 0 Å². The smallest absolute Gasteiger partial charge is 0.221 e. The molecule has 0 bridgehead atoms. The first kappa shape index (κ1) is 17.6. The summed E-state index contributed by atoms with van der Waals surface area (Å²) in [4.78, 5) is 13.3. The molecular weight excluding hydrogens is 302 g/mol. The van der Waals surface area contributed by atoms with Gasteiger partial charge in [-0.05, 0) is 43.5 Å². The number of thioether (sulfide) groups is 1. The Hall–Kier alpha value is -1.74. The molecule has 0 aromatic heterocycles. The van der Waals surface area contributed by atoms with Crippen molar-refractivity contribution in [1.82, 2.24) is 5.32 Å². The van der Waals surface area contributed by atoms with Gasteiger partial charge in [0, 0.05) is 17.1 Å². The second-order valence-electron chi connectivity index (χ2n) is 5.80. The van der Waals surface area contributed by atoms with Crippen molar-refractivity contribution in [1.29, 1.82) is 0 Å². The van der Waals surface area contributed by atoms with Crippen LogP contribution >= 0.6 is 11.8 Å². The maximum atomic E-state index is 12.1. The molecule has 0 aliphatic carbocycles. The van der Waals surface area contributed by atoms with Gasteiger partial charge in [-0.3, -0.25) is 4.79 Å². The molecule has 23 heavy (non-hydrogen) atoms. The quantitative estimate of drug-likeness (QED) is 0.732.